The Bertz CT molecular complexity index is 716. The lowest BCUT2D eigenvalue weighted by molar-refractivity contribution is -0.119. The van der Waals surface area contributed by atoms with Crippen molar-refractivity contribution in [1.29, 1.82) is 0 Å². The predicted molar refractivity (Wildman–Crippen MR) is 99.6 cm³/mol. The van der Waals surface area contributed by atoms with Crippen molar-refractivity contribution < 1.29 is 13.2 Å². The zero-order valence-electron chi connectivity index (χ0n) is 15.6. The third kappa shape index (κ3) is 3.83. The fourth-order valence-corrected chi connectivity index (χ4v) is 6.51. The molecule has 26 heavy (non-hydrogen) atoms. The highest BCUT2D eigenvalue weighted by atomic mass is 32.2. The van der Waals surface area contributed by atoms with Crippen molar-refractivity contribution >= 4 is 15.9 Å². The summed E-state index contributed by atoms with van der Waals surface area (Å²) in [5.41, 5.74) is 3.88. The van der Waals surface area contributed by atoms with Gasteiger partial charge in [0.15, 0.2) is 0 Å². The molecule has 0 bridgehead atoms. The van der Waals surface area contributed by atoms with Crippen molar-refractivity contribution in [2.75, 3.05) is 20.1 Å². The quantitative estimate of drug-likeness (QED) is 0.645. The van der Waals surface area contributed by atoms with Crippen LogP contribution in [0.4, 0.5) is 0 Å². The summed E-state index contributed by atoms with van der Waals surface area (Å²) in [6.45, 7) is 3.79. The lowest BCUT2D eigenvalue weighted by Gasteiger charge is -2.38. The van der Waals surface area contributed by atoms with E-state index in [1.807, 2.05) is 14.0 Å². The van der Waals surface area contributed by atoms with Crippen LogP contribution in [-0.4, -0.2) is 56.3 Å². The van der Waals surface area contributed by atoms with E-state index in [-0.39, 0.29) is 28.7 Å². The molecular weight excluding hydrogens is 352 g/mol. The maximum atomic E-state index is 12.7. The summed E-state index contributed by atoms with van der Waals surface area (Å²) in [7, 11) is -1.29. The number of sulfonamides is 1. The molecule has 4 rings (SSSR count). The van der Waals surface area contributed by atoms with Crippen molar-refractivity contribution in [2.45, 2.75) is 62.3 Å². The van der Waals surface area contributed by atoms with Gasteiger partial charge in [0.05, 0.1) is 5.25 Å². The van der Waals surface area contributed by atoms with Crippen molar-refractivity contribution in [1.82, 2.24) is 20.5 Å². The highest BCUT2D eigenvalue weighted by Crippen LogP contribution is 2.38. The summed E-state index contributed by atoms with van der Waals surface area (Å²) in [6, 6.07) is 0.0820. The van der Waals surface area contributed by atoms with Crippen LogP contribution in [-0.2, 0) is 14.8 Å². The fraction of sp³-hybridized carbons (Fsp3) is 0.833. The normalized spacial score (nSPS) is 37.0. The van der Waals surface area contributed by atoms with Crippen molar-refractivity contribution in [2.24, 2.45) is 11.8 Å². The van der Waals surface area contributed by atoms with Crippen LogP contribution < -0.4 is 15.5 Å². The molecule has 1 saturated heterocycles. The van der Waals surface area contributed by atoms with Crippen LogP contribution in [0.15, 0.2) is 11.6 Å². The summed E-state index contributed by atoms with van der Waals surface area (Å²) >= 11 is 0. The molecule has 0 aromatic heterocycles. The van der Waals surface area contributed by atoms with E-state index in [1.165, 1.54) is 0 Å². The van der Waals surface area contributed by atoms with Gasteiger partial charge in [0.2, 0.25) is 15.9 Å². The summed E-state index contributed by atoms with van der Waals surface area (Å²) < 4.78 is 28.4. The van der Waals surface area contributed by atoms with E-state index in [9.17, 15) is 13.2 Å². The number of carbonyl (C=O) groups is 1. The second-order valence-corrected chi connectivity index (χ2v) is 10.9. The Kier molecular flexibility index (Phi) is 4.66. The molecule has 1 amide bonds. The van der Waals surface area contributed by atoms with E-state index in [0.717, 1.165) is 44.3 Å². The van der Waals surface area contributed by atoms with E-state index in [1.54, 1.807) is 0 Å². The summed E-state index contributed by atoms with van der Waals surface area (Å²) in [4.78, 5) is 12.4. The molecule has 2 aliphatic carbocycles. The van der Waals surface area contributed by atoms with Gasteiger partial charge in [0.25, 0.3) is 0 Å². The first-order chi connectivity index (χ1) is 12.2. The minimum absolute atomic E-state index is 0.0331. The van der Waals surface area contributed by atoms with E-state index in [0.29, 0.717) is 18.8 Å². The molecule has 3 fully saturated rings. The highest BCUT2D eigenvalue weighted by molar-refractivity contribution is 7.90. The number of hydrogen-bond acceptors (Lipinski definition) is 5. The molecule has 3 N–H and O–H groups in total. The van der Waals surface area contributed by atoms with Crippen LogP contribution in [0, 0.1) is 11.8 Å². The molecule has 7 nitrogen and oxygen atoms in total. The molecule has 4 aliphatic rings. The van der Waals surface area contributed by atoms with E-state index >= 15 is 0 Å². The predicted octanol–water partition coefficient (Wildman–Crippen LogP) is 0.508. The maximum Gasteiger partial charge on any atom is 0.247 e. The topological polar surface area (TPSA) is 90.5 Å². The van der Waals surface area contributed by atoms with Crippen LogP contribution >= 0.6 is 0 Å². The number of nitrogens with zero attached hydrogens (tertiary/aromatic N) is 1. The molecule has 4 unspecified atom stereocenters. The second-order valence-electron chi connectivity index (χ2n) is 8.89. The Labute approximate surface area is 156 Å². The zero-order chi connectivity index (χ0) is 18.5. The van der Waals surface area contributed by atoms with Crippen LogP contribution in [0.1, 0.15) is 45.4 Å². The third-order valence-corrected chi connectivity index (χ3v) is 8.48. The van der Waals surface area contributed by atoms with Crippen molar-refractivity contribution in [3.05, 3.63) is 11.6 Å². The van der Waals surface area contributed by atoms with E-state index in [4.69, 9.17) is 0 Å². The number of amides is 1. The highest BCUT2D eigenvalue weighted by Gasteiger charge is 2.45. The Morgan fingerprint density at radius 2 is 2.12 bits per heavy atom. The molecule has 2 aliphatic heterocycles. The van der Waals surface area contributed by atoms with Crippen LogP contribution in [0.3, 0.4) is 0 Å². The molecule has 0 spiro atoms. The molecule has 4 atom stereocenters. The van der Waals surface area contributed by atoms with Gasteiger partial charge in [-0.05, 0) is 57.3 Å². The van der Waals surface area contributed by atoms with E-state index < -0.39 is 10.0 Å². The van der Waals surface area contributed by atoms with Gasteiger partial charge in [-0.2, -0.15) is 0 Å². The standard InChI is InChI=1S/C18H30N4O3S/c1-18(5-6-18)21-26(24,25)15-3-4-16-13(9-15)8-14(17(23)20-16)7-12-10-19-22(2)11-12/h8,12-13,15-16,19,21H,3-7,9-11H2,1-2H3,(H,20,23). The molecule has 0 aromatic carbocycles. The molecule has 146 valence electrons. The summed E-state index contributed by atoms with van der Waals surface area (Å²) in [5, 5.41) is 4.83. The Hall–Kier alpha value is -0.960. The first-order valence-electron chi connectivity index (χ1n) is 9.73. The van der Waals surface area contributed by atoms with Gasteiger partial charge in [-0.15, -0.1) is 0 Å². The van der Waals surface area contributed by atoms with Gasteiger partial charge in [0.1, 0.15) is 0 Å². The zero-order valence-corrected chi connectivity index (χ0v) is 16.4. The maximum absolute atomic E-state index is 12.7. The van der Waals surface area contributed by atoms with Gasteiger partial charge < -0.3 is 5.32 Å². The SMILES string of the molecule is CN1CC(CC2=CC3CC(S(=O)(=O)NC4(C)CC4)CCC3NC2=O)CN1. The van der Waals surface area contributed by atoms with Crippen molar-refractivity contribution in [3.8, 4) is 0 Å². The molecule has 2 saturated carbocycles. The smallest absolute Gasteiger partial charge is 0.247 e. The number of nitrogens with one attached hydrogen (secondary N) is 3. The third-order valence-electron chi connectivity index (χ3n) is 6.39. The summed E-state index contributed by atoms with van der Waals surface area (Å²) in [5.74, 6) is 0.580. The average Bonchev–Trinajstić information content (AvgIpc) is 3.13. The lowest BCUT2D eigenvalue weighted by Crippen LogP contribution is -2.51. The minimum atomic E-state index is -3.30. The molecule has 8 heteroatoms. The second kappa shape index (κ2) is 6.58. The monoisotopic (exact) mass is 382 g/mol. The molecule has 0 aromatic rings. The fourth-order valence-electron chi connectivity index (χ4n) is 4.53. The summed E-state index contributed by atoms with van der Waals surface area (Å²) in [6.07, 6.45) is 6.62. The number of hydrogen-bond donors (Lipinski definition) is 3. The first kappa shape index (κ1) is 18.4. The van der Waals surface area contributed by atoms with Gasteiger partial charge in [-0.3, -0.25) is 10.2 Å². The number of rotatable bonds is 5. The van der Waals surface area contributed by atoms with Crippen LogP contribution in [0.25, 0.3) is 0 Å². The van der Waals surface area contributed by atoms with Crippen LogP contribution in [0.2, 0.25) is 0 Å². The molecule has 0 radical (unpaired) electrons. The van der Waals surface area contributed by atoms with Crippen LogP contribution in [0.5, 0.6) is 0 Å². The Balaban J connectivity index is 1.44. The number of carbonyl (C=O) groups excluding carboxylic acids is 1. The average molecular weight is 383 g/mol. The largest absolute Gasteiger partial charge is 0.349 e. The lowest BCUT2D eigenvalue weighted by atomic mass is 9.79. The van der Waals surface area contributed by atoms with Gasteiger partial charge in [0, 0.05) is 37.3 Å². The van der Waals surface area contributed by atoms with Gasteiger partial charge in [-0.1, -0.05) is 6.08 Å². The molecule has 2 heterocycles. The van der Waals surface area contributed by atoms with Gasteiger partial charge in [-0.25, -0.2) is 18.1 Å². The Morgan fingerprint density at radius 3 is 2.77 bits per heavy atom. The van der Waals surface area contributed by atoms with Gasteiger partial charge >= 0.3 is 0 Å². The number of fused-ring (bicyclic) bond motifs is 1. The first-order valence-corrected chi connectivity index (χ1v) is 11.3. The van der Waals surface area contributed by atoms with Crippen molar-refractivity contribution in [3.63, 3.8) is 0 Å². The molecular formula is C18H30N4O3S. The van der Waals surface area contributed by atoms with E-state index in [2.05, 4.69) is 26.5 Å². The minimum Gasteiger partial charge on any atom is -0.349 e. The number of hydrazine groups is 1. The Morgan fingerprint density at radius 1 is 1.35 bits per heavy atom.